The highest BCUT2D eigenvalue weighted by Crippen LogP contribution is 2.35. The average Bonchev–Trinajstić information content (AvgIpc) is 2.70. The lowest BCUT2D eigenvalue weighted by molar-refractivity contribution is -0.383. The Morgan fingerprint density at radius 3 is 2.61 bits per heavy atom. The van der Waals surface area contributed by atoms with Crippen molar-refractivity contribution >= 4 is 23.0 Å². The van der Waals surface area contributed by atoms with Crippen molar-refractivity contribution in [2.45, 2.75) is 13.0 Å². The van der Waals surface area contributed by atoms with Gasteiger partial charge in [0.05, 0.1) is 4.92 Å². The first kappa shape index (κ1) is 17.8. The third kappa shape index (κ3) is 3.34. The van der Waals surface area contributed by atoms with Crippen molar-refractivity contribution in [2.24, 2.45) is 0 Å². The van der Waals surface area contributed by atoms with Crippen molar-refractivity contribution in [3.8, 4) is 0 Å². The van der Waals surface area contributed by atoms with E-state index in [0.717, 1.165) is 24.1 Å². The number of benzene rings is 2. The first-order valence-electron chi connectivity index (χ1n) is 8.56. The van der Waals surface area contributed by atoms with Crippen LogP contribution in [-0.4, -0.2) is 21.4 Å². The Kier molecular flexibility index (Phi) is 4.56. The van der Waals surface area contributed by atoms with Gasteiger partial charge in [-0.05, 0) is 29.7 Å². The van der Waals surface area contributed by atoms with E-state index in [1.807, 2.05) is 29.2 Å². The first-order chi connectivity index (χ1) is 13.5. The summed E-state index contributed by atoms with van der Waals surface area (Å²) in [5, 5.41) is 14.5. The zero-order valence-corrected chi connectivity index (χ0v) is 14.6. The lowest BCUT2D eigenvalue weighted by atomic mass is 10.00. The standard InChI is InChI=1S/C19H15F2N5O2/c20-15-6-5-14(9-16(15)21)24-18-17(26(27)28)19(23-11-22-18)25-8-7-12-3-1-2-4-13(12)10-25/h1-6,9,11H,7-8,10H2,(H,22,23,24). The van der Waals surface area contributed by atoms with Crippen LogP contribution in [0.15, 0.2) is 48.8 Å². The van der Waals surface area contributed by atoms with Gasteiger partial charge in [0.2, 0.25) is 11.6 Å². The molecule has 1 aliphatic rings. The molecule has 0 spiro atoms. The van der Waals surface area contributed by atoms with Crippen molar-refractivity contribution < 1.29 is 13.7 Å². The summed E-state index contributed by atoms with van der Waals surface area (Å²) in [6.45, 7) is 1.05. The molecule has 0 radical (unpaired) electrons. The zero-order valence-electron chi connectivity index (χ0n) is 14.6. The van der Waals surface area contributed by atoms with E-state index >= 15 is 0 Å². The highest BCUT2D eigenvalue weighted by atomic mass is 19.2. The minimum absolute atomic E-state index is 0.0835. The van der Waals surface area contributed by atoms with Crippen LogP contribution >= 0.6 is 0 Å². The molecule has 7 nitrogen and oxygen atoms in total. The summed E-state index contributed by atoms with van der Waals surface area (Å²) < 4.78 is 26.6. The Bertz CT molecular complexity index is 1060. The van der Waals surface area contributed by atoms with Crippen LogP contribution in [0, 0.1) is 21.7 Å². The molecule has 2 heterocycles. The van der Waals surface area contributed by atoms with Crippen LogP contribution in [0.5, 0.6) is 0 Å². The number of hydrogen-bond donors (Lipinski definition) is 1. The number of nitrogens with one attached hydrogen (secondary N) is 1. The maximum atomic E-state index is 13.5. The van der Waals surface area contributed by atoms with Gasteiger partial charge >= 0.3 is 5.69 Å². The predicted molar refractivity (Wildman–Crippen MR) is 99.5 cm³/mol. The Morgan fingerprint density at radius 2 is 1.86 bits per heavy atom. The quantitative estimate of drug-likeness (QED) is 0.542. The molecule has 28 heavy (non-hydrogen) atoms. The number of halogens is 2. The topological polar surface area (TPSA) is 84.2 Å². The molecule has 3 aromatic rings. The second kappa shape index (κ2) is 7.18. The molecule has 1 N–H and O–H groups in total. The van der Waals surface area contributed by atoms with Crippen LogP contribution in [0.3, 0.4) is 0 Å². The fraction of sp³-hybridized carbons (Fsp3) is 0.158. The van der Waals surface area contributed by atoms with Gasteiger partial charge in [0.25, 0.3) is 0 Å². The molecule has 0 fully saturated rings. The van der Waals surface area contributed by atoms with Gasteiger partial charge in [0.15, 0.2) is 11.6 Å². The third-order valence-electron chi connectivity index (χ3n) is 4.60. The summed E-state index contributed by atoms with van der Waals surface area (Å²) in [4.78, 5) is 21.1. The van der Waals surface area contributed by atoms with Crippen LogP contribution in [0.1, 0.15) is 11.1 Å². The molecule has 0 saturated heterocycles. The zero-order chi connectivity index (χ0) is 19.7. The summed E-state index contributed by atoms with van der Waals surface area (Å²) >= 11 is 0. The highest BCUT2D eigenvalue weighted by Gasteiger charge is 2.29. The molecular formula is C19H15F2N5O2. The molecule has 0 amide bonds. The SMILES string of the molecule is O=[N+]([O-])c1c(Nc2ccc(F)c(F)c2)ncnc1N1CCc2ccccc2C1. The average molecular weight is 383 g/mol. The van der Waals surface area contributed by atoms with Gasteiger partial charge < -0.3 is 10.2 Å². The van der Waals surface area contributed by atoms with E-state index in [1.54, 1.807) is 0 Å². The van der Waals surface area contributed by atoms with Crippen LogP contribution < -0.4 is 10.2 Å². The highest BCUT2D eigenvalue weighted by molar-refractivity contribution is 5.74. The van der Waals surface area contributed by atoms with Crippen molar-refractivity contribution in [2.75, 3.05) is 16.8 Å². The smallest absolute Gasteiger partial charge is 0.346 e. The maximum Gasteiger partial charge on any atom is 0.353 e. The molecule has 1 aliphatic heterocycles. The minimum Gasteiger partial charge on any atom is -0.346 e. The van der Waals surface area contributed by atoms with Gasteiger partial charge in [-0.1, -0.05) is 24.3 Å². The predicted octanol–water partition coefficient (Wildman–Crippen LogP) is 3.97. The third-order valence-corrected chi connectivity index (χ3v) is 4.60. The largest absolute Gasteiger partial charge is 0.353 e. The maximum absolute atomic E-state index is 13.5. The molecule has 0 bridgehead atoms. The minimum atomic E-state index is -1.06. The number of fused-ring (bicyclic) bond motifs is 1. The van der Waals surface area contributed by atoms with Crippen molar-refractivity contribution in [3.63, 3.8) is 0 Å². The van der Waals surface area contributed by atoms with Crippen LogP contribution in [0.2, 0.25) is 0 Å². The lowest BCUT2D eigenvalue weighted by Crippen LogP contribution is -2.31. The van der Waals surface area contributed by atoms with Gasteiger partial charge in [-0.25, -0.2) is 18.7 Å². The summed E-state index contributed by atoms with van der Waals surface area (Å²) in [6, 6.07) is 11.0. The Balaban J connectivity index is 1.70. The summed E-state index contributed by atoms with van der Waals surface area (Å²) in [5.74, 6) is -1.97. The molecule has 2 aromatic carbocycles. The van der Waals surface area contributed by atoms with Crippen molar-refractivity contribution in [1.82, 2.24) is 9.97 Å². The van der Waals surface area contributed by atoms with Gasteiger partial charge in [-0.15, -0.1) is 0 Å². The molecule has 9 heteroatoms. The van der Waals surface area contributed by atoms with E-state index in [0.29, 0.717) is 13.1 Å². The first-order valence-corrected chi connectivity index (χ1v) is 8.56. The number of rotatable bonds is 4. The normalized spacial score (nSPS) is 13.1. The van der Waals surface area contributed by atoms with Crippen molar-refractivity contribution in [3.05, 3.63) is 81.7 Å². The van der Waals surface area contributed by atoms with Gasteiger partial charge in [0.1, 0.15) is 6.33 Å². The van der Waals surface area contributed by atoms with Crippen LogP contribution in [0.25, 0.3) is 0 Å². The molecule has 0 unspecified atom stereocenters. The monoisotopic (exact) mass is 383 g/mol. The van der Waals surface area contributed by atoms with E-state index in [2.05, 4.69) is 15.3 Å². The number of anilines is 3. The van der Waals surface area contributed by atoms with E-state index in [9.17, 15) is 18.9 Å². The van der Waals surface area contributed by atoms with E-state index in [1.165, 1.54) is 18.0 Å². The fourth-order valence-electron chi connectivity index (χ4n) is 3.25. The second-order valence-electron chi connectivity index (χ2n) is 6.35. The summed E-state index contributed by atoms with van der Waals surface area (Å²) in [7, 11) is 0. The Hall–Kier alpha value is -3.62. The summed E-state index contributed by atoms with van der Waals surface area (Å²) in [5.41, 5.74) is 2.12. The van der Waals surface area contributed by atoms with Crippen molar-refractivity contribution in [1.29, 1.82) is 0 Å². The van der Waals surface area contributed by atoms with E-state index < -0.39 is 16.6 Å². The molecular weight excluding hydrogens is 368 g/mol. The van der Waals surface area contributed by atoms with E-state index in [4.69, 9.17) is 0 Å². The number of aromatic nitrogens is 2. The van der Waals surface area contributed by atoms with Gasteiger partial charge in [-0.3, -0.25) is 10.1 Å². The van der Waals surface area contributed by atoms with Crippen LogP contribution in [0.4, 0.5) is 31.8 Å². The van der Waals surface area contributed by atoms with Gasteiger partial charge in [-0.2, -0.15) is 0 Å². The van der Waals surface area contributed by atoms with Crippen LogP contribution in [-0.2, 0) is 13.0 Å². The molecule has 0 atom stereocenters. The molecule has 142 valence electrons. The summed E-state index contributed by atoms with van der Waals surface area (Å²) in [6.07, 6.45) is 1.95. The fourth-order valence-corrected chi connectivity index (χ4v) is 3.25. The Labute approximate surface area is 158 Å². The molecule has 4 rings (SSSR count). The number of hydrogen-bond acceptors (Lipinski definition) is 6. The Morgan fingerprint density at radius 1 is 1.07 bits per heavy atom. The lowest BCUT2D eigenvalue weighted by Gasteiger charge is -2.29. The van der Waals surface area contributed by atoms with Gasteiger partial charge in [0, 0.05) is 24.8 Å². The number of nitro groups is 1. The second-order valence-corrected chi connectivity index (χ2v) is 6.35. The molecule has 0 aliphatic carbocycles. The molecule has 1 aromatic heterocycles. The van der Waals surface area contributed by atoms with E-state index in [-0.39, 0.29) is 23.0 Å². The number of nitrogens with zero attached hydrogens (tertiary/aromatic N) is 4. The molecule has 0 saturated carbocycles.